The monoisotopic (exact) mass is 310 g/mol. The second-order valence-electron chi connectivity index (χ2n) is 7.37. The Morgan fingerprint density at radius 1 is 1.24 bits per heavy atom. The molecule has 0 saturated heterocycles. The van der Waals surface area contributed by atoms with Crippen molar-refractivity contribution in [2.24, 2.45) is 16.7 Å². The number of hydrogen-bond donors (Lipinski definition) is 0. The van der Waals surface area contributed by atoms with Crippen molar-refractivity contribution in [3.63, 3.8) is 0 Å². The second kappa shape index (κ2) is 3.74. The third-order valence-corrected chi connectivity index (χ3v) is 6.71. The molecule has 2 heteroatoms. The predicted molar refractivity (Wildman–Crippen MR) is 81.7 cm³/mol. The summed E-state index contributed by atoms with van der Waals surface area (Å²) in [7, 11) is -1.28. The Balaban J connectivity index is 2.46. The zero-order chi connectivity index (χ0) is 13.1. The molecular weight excluding hydrogens is 288 g/mol. The van der Waals surface area contributed by atoms with Gasteiger partial charge < -0.3 is 0 Å². The first-order valence-electron chi connectivity index (χ1n) is 6.53. The molecule has 0 aliphatic heterocycles. The second-order valence-corrected chi connectivity index (χ2v) is 13.0. The highest BCUT2D eigenvalue weighted by Crippen LogP contribution is 2.68. The van der Waals surface area contributed by atoms with Gasteiger partial charge in [-0.15, -0.1) is 5.54 Å². The van der Waals surface area contributed by atoms with E-state index in [4.69, 9.17) is 0 Å². The molecule has 94 valence electrons. The van der Waals surface area contributed by atoms with Crippen LogP contribution in [0.1, 0.15) is 33.6 Å². The molecule has 0 aromatic heterocycles. The molecule has 0 amide bonds. The Hall–Kier alpha value is -0.00312. The fourth-order valence-corrected chi connectivity index (χ4v) is 5.11. The van der Waals surface area contributed by atoms with Crippen LogP contribution in [0.15, 0.2) is 10.1 Å². The Morgan fingerprint density at radius 2 is 1.82 bits per heavy atom. The van der Waals surface area contributed by atoms with Crippen LogP contribution in [0.2, 0.25) is 19.6 Å². The number of halogens is 1. The van der Waals surface area contributed by atoms with E-state index in [1.54, 1.807) is 0 Å². The first-order chi connectivity index (χ1) is 7.59. The van der Waals surface area contributed by atoms with Crippen LogP contribution in [0.25, 0.3) is 0 Å². The largest absolute Gasteiger partial charge is 0.129 e. The van der Waals surface area contributed by atoms with Crippen LogP contribution in [0.4, 0.5) is 0 Å². The van der Waals surface area contributed by atoms with Gasteiger partial charge in [-0.3, -0.25) is 0 Å². The lowest BCUT2D eigenvalue weighted by Gasteiger charge is -2.35. The summed E-state index contributed by atoms with van der Waals surface area (Å²) < 4.78 is 1.40. The number of allylic oxidation sites excluding steroid dienone is 2. The molecule has 0 radical (unpaired) electrons. The summed E-state index contributed by atoms with van der Waals surface area (Å²) >= 11 is 3.83. The number of hydrogen-bond acceptors (Lipinski definition) is 0. The first-order valence-corrected chi connectivity index (χ1v) is 10.8. The molecule has 2 rings (SSSR count). The van der Waals surface area contributed by atoms with Gasteiger partial charge in [-0.25, -0.2) is 0 Å². The highest BCUT2D eigenvalue weighted by molar-refractivity contribution is 9.11. The Kier molecular flexibility index (Phi) is 2.96. The highest BCUT2D eigenvalue weighted by atomic mass is 79.9. The Bertz CT molecular complexity index is 442. The third-order valence-electron chi connectivity index (χ3n) is 4.89. The summed E-state index contributed by atoms with van der Waals surface area (Å²) in [5.74, 6) is 4.24. The van der Waals surface area contributed by atoms with Crippen molar-refractivity contribution in [1.82, 2.24) is 0 Å². The average Bonchev–Trinajstić information content (AvgIpc) is 2.43. The number of fused-ring (bicyclic) bond motifs is 2. The first kappa shape index (κ1) is 13.4. The van der Waals surface area contributed by atoms with Gasteiger partial charge in [0.15, 0.2) is 0 Å². The molecule has 2 aliphatic rings. The van der Waals surface area contributed by atoms with E-state index in [9.17, 15) is 0 Å². The van der Waals surface area contributed by atoms with Crippen LogP contribution in [0.3, 0.4) is 0 Å². The quantitative estimate of drug-likeness (QED) is 0.437. The molecule has 0 aromatic carbocycles. The van der Waals surface area contributed by atoms with Crippen molar-refractivity contribution in [3.05, 3.63) is 10.1 Å². The Labute approximate surface area is 115 Å². The smallest absolute Gasteiger partial charge is 0.127 e. The molecular formula is C15H23BrSi. The molecule has 2 unspecified atom stereocenters. The molecule has 17 heavy (non-hydrogen) atoms. The maximum Gasteiger partial charge on any atom is 0.129 e. The van der Waals surface area contributed by atoms with Gasteiger partial charge >= 0.3 is 0 Å². The van der Waals surface area contributed by atoms with E-state index in [0.717, 1.165) is 0 Å². The van der Waals surface area contributed by atoms with Gasteiger partial charge in [0.05, 0.1) is 0 Å². The van der Waals surface area contributed by atoms with E-state index in [1.165, 1.54) is 22.9 Å². The van der Waals surface area contributed by atoms with Crippen molar-refractivity contribution in [1.29, 1.82) is 0 Å². The van der Waals surface area contributed by atoms with Gasteiger partial charge in [-0.05, 0) is 24.2 Å². The van der Waals surface area contributed by atoms with Gasteiger partial charge in [-0.1, -0.05) is 62.3 Å². The van der Waals surface area contributed by atoms with E-state index < -0.39 is 8.07 Å². The standard InChI is InChI=1S/C15H23BrSi/c1-14(2)11-7-9-15(14,3)12(13(11)16)8-10-17(4,5)6/h11H,7,9H2,1-6H3. The van der Waals surface area contributed by atoms with Gasteiger partial charge in [-0.2, -0.15) is 0 Å². The highest BCUT2D eigenvalue weighted by Gasteiger charge is 2.59. The van der Waals surface area contributed by atoms with E-state index in [-0.39, 0.29) is 0 Å². The summed E-state index contributed by atoms with van der Waals surface area (Å²) in [6.07, 6.45) is 2.62. The molecule has 0 N–H and O–H groups in total. The molecule has 0 spiro atoms. The Morgan fingerprint density at radius 3 is 2.24 bits per heavy atom. The van der Waals surface area contributed by atoms with Crippen LogP contribution in [-0.2, 0) is 0 Å². The summed E-state index contributed by atoms with van der Waals surface area (Å²) in [5, 5.41) is 0. The van der Waals surface area contributed by atoms with E-state index in [2.05, 4.69) is 67.8 Å². The summed E-state index contributed by atoms with van der Waals surface area (Å²) in [4.78, 5) is 0. The lowest BCUT2D eigenvalue weighted by molar-refractivity contribution is 0.175. The summed E-state index contributed by atoms with van der Waals surface area (Å²) in [5.41, 5.74) is 5.61. The maximum absolute atomic E-state index is 3.83. The normalized spacial score (nSPS) is 34.9. The van der Waals surface area contributed by atoms with E-state index >= 15 is 0 Å². The SMILES string of the molecule is CC12CCC(C(Br)=C1C#C[Si](C)(C)C)C2(C)C. The fraction of sp³-hybridized carbons (Fsp3) is 0.733. The molecule has 1 saturated carbocycles. The van der Waals surface area contributed by atoms with Crippen LogP contribution in [-0.4, -0.2) is 8.07 Å². The molecule has 2 bridgehead atoms. The maximum atomic E-state index is 3.83. The van der Waals surface area contributed by atoms with Crippen molar-refractivity contribution in [3.8, 4) is 11.5 Å². The van der Waals surface area contributed by atoms with Crippen molar-refractivity contribution in [2.75, 3.05) is 0 Å². The fourth-order valence-electron chi connectivity index (χ4n) is 3.28. The summed E-state index contributed by atoms with van der Waals surface area (Å²) in [6.45, 7) is 14.2. The van der Waals surface area contributed by atoms with Crippen LogP contribution < -0.4 is 0 Å². The minimum Gasteiger partial charge on any atom is -0.127 e. The number of rotatable bonds is 0. The molecule has 0 aromatic rings. The van der Waals surface area contributed by atoms with Crippen molar-refractivity contribution in [2.45, 2.75) is 53.3 Å². The predicted octanol–water partition coefficient (Wildman–Crippen LogP) is 4.97. The van der Waals surface area contributed by atoms with Crippen molar-refractivity contribution >= 4 is 24.0 Å². The lowest BCUT2D eigenvalue weighted by atomic mass is 9.68. The van der Waals surface area contributed by atoms with Gasteiger partial charge in [0.25, 0.3) is 0 Å². The van der Waals surface area contributed by atoms with E-state index in [0.29, 0.717) is 16.7 Å². The third kappa shape index (κ3) is 1.86. The van der Waals surface area contributed by atoms with Gasteiger partial charge in [0.2, 0.25) is 0 Å². The van der Waals surface area contributed by atoms with Gasteiger partial charge in [0, 0.05) is 15.5 Å². The zero-order valence-electron chi connectivity index (χ0n) is 11.9. The lowest BCUT2D eigenvalue weighted by Crippen LogP contribution is -2.30. The van der Waals surface area contributed by atoms with Crippen LogP contribution in [0.5, 0.6) is 0 Å². The van der Waals surface area contributed by atoms with Gasteiger partial charge in [0.1, 0.15) is 8.07 Å². The van der Waals surface area contributed by atoms with Crippen LogP contribution in [0, 0.1) is 28.2 Å². The molecule has 2 atom stereocenters. The van der Waals surface area contributed by atoms with E-state index in [1.807, 2.05) is 0 Å². The summed E-state index contributed by atoms with van der Waals surface area (Å²) in [6, 6.07) is 0. The minimum atomic E-state index is -1.28. The molecule has 0 nitrogen and oxygen atoms in total. The zero-order valence-corrected chi connectivity index (χ0v) is 14.5. The van der Waals surface area contributed by atoms with Crippen molar-refractivity contribution < 1.29 is 0 Å². The minimum absolute atomic E-state index is 0.295. The average molecular weight is 311 g/mol. The topological polar surface area (TPSA) is 0 Å². The van der Waals surface area contributed by atoms with Crippen LogP contribution >= 0.6 is 15.9 Å². The molecule has 0 heterocycles. The molecule has 1 fully saturated rings. The molecule has 2 aliphatic carbocycles.